The Labute approximate surface area is 129 Å². The highest BCUT2D eigenvalue weighted by molar-refractivity contribution is 7.88. The van der Waals surface area contributed by atoms with E-state index >= 15 is 0 Å². The van der Waals surface area contributed by atoms with Crippen LogP contribution in [0.4, 0.5) is 0 Å². The quantitative estimate of drug-likeness (QED) is 0.761. The summed E-state index contributed by atoms with van der Waals surface area (Å²) in [6.45, 7) is 3.50. The van der Waals surface area contributed by atoms with E-state index in [1.807, 2.05) is 0 Å². The number of amides is 1. The molecule has 0 fully saturated rings. The van der Waals surface area contributed by atoms with E-state index in [-0.39, 0.29) is 16.8 Å². The second-order valence-electron chi connectivity index (χ2n) is 5.08. The average Bonchev–Trinajstić information content (AvgIpc) is 2.93. The van der Waals surface area contributed by atoms with Crippen molar-refractivity contribution >= 4 is 21.9 Å². The lowest BCUT2D eigenvalue weighted by molar-refractivity contribution is -0.140. The number of carbonyl (C=O) groups is 2. The van der Waals surface area contributed by atoms with Gasteiger partial charge in [-0.3, -0.25) is 4.79 Å². The molecule has 0 bridgehead atoms. The summed E-state index contributed by atoms with van der Waals surface area (Å²) < 4.78 is 29.7. The standard InChI is InChI=1S/C13H20N2O6S/c1-5-8(2)11(13(17)18)14-12(16)9-6-7-10(21-9)22(19,20)15(3)4/h6-8,11H,5H2,1-4H3,(H,14,16)(H,17,18)/t8-,11-/m0/s1. The molecule has 2 N–H and O–H groups in total. The van der Waals surface area contributed by atoms with Gasteiger partial charge in [-0.15, -0.1) is 0 Å². The van der Waals surface area contributed by atoms with Crippen molar-refractivity contribution in [3.05, 3.63) is 17.9 Å². The minimum atomic E-state index is -3.79. The second kappa shape index (κ2) is 6.93. The molecule has 1 heterocycles. The Balaban J connectivity index is 2.96. The summed E-state index contributed by atoms with van der Waals surface area (Å²) in [5.41, 5.74) is 0. The topological polar surface area (TPSA) is 117 Å². The van der Waals surface area contributed by atoms with Gasteiger partial charge in [-0.2, -0.15) is 0 Å². The van der Waals surface area contributed by atoms with Crippen LogP contribution in [0.2, 0.25) is 0 Å². The van der Waals surface area contributed by atoms with Gasteiger partial charge in [0.1, 0.15) is 6.04 Å². The van der Waals surface area contributed by atoms with Crippen molar-refractivity contribution in [2.24, 2.45) is 5.92 Å². The number of carbonyl (C=O) groups excluding carboxylic acids is 1. The normalized spacial score (nSPS) is 14.6. The summed E-state index contributed by atoms with van der Waals surface area (Å²) in [7, 11) is -1.12. The number of furan rings is 1. The molecule has 124 valence electrons. The Hall–Kier alpha value is -1.87. The van der Waals surface area contributed by atoms with Gasteiger partial charge in [0.15, 0.2) is 5.76 Å². The number of carboxylic acid groups (broad SMARTS) is 1. The van der Waals surface area contributed by atoms with E-state index < -0.39 is 27.9 Å². The molecule has 0 aliphatic rings. The number of carboxylic acids is 1. The van der Waals surface area contributed by atoms with Crippen molar-refractivity contribution in [2.75, 3.05) is 14.1 Å². The summed E-state index contributed by atoms with van der Waals surface area (Å²) in [6.07, 6.45) is 0.565. The number of sulfonamides is 1. The van der Waals surface area contributed by atoms with Crippen molar-refractivity contribution in [1.29, 1.82) is 0 Å². The predicted octanol–water partition coefficient (Wildman–Crippen LogP) is 0.759. The third-order valence-electron chi connectivity index (χ3n) is 3.31. The van der Waals surface area contributed by atoms with E-state index in [0.29, 0.717) is 6.42 Å². The van der Waals surface area contributed by atoms with Gasteiger partial charge in [0.05, 0.1) is 0 Å². The Morgan fingerprint density at radius 3 is 2.41 bits per heavy atom. The summed E-state index contributed by atoms with van der Waals surface area (Å²) in [4.78, 5) is 23.2. The Morgan fingerprint density at radius 1 is 1.36 bits per heavy atom. The molecule has 1 rings (SSSR count). The molecule has 0 aromatic carbocycles. The van der Waals surface area contributed by atoms with Gasteiger partial charge < -0.3 is 14.8 Å². The molecule has 0 radical (unpaired) electrons. The maximum Gasteiger partial charge on any atom is 0.326 e. The second-order valence-corrected chi connectivity index (χ2v) is 7.16. The molecule has 22 heavy (non-hydrogen) atoms. The molecule has 0 aliphatic heterocycles. The van der Waals surface area contributed by atoms with Crippen LogP contribution >= 0.6 is 0 Å². The molecular formula is C13H20N2O6S. The van der Waals surface area contributed by atoms with E-state index in [2.05, 4.69) is 5.32 Å². The minimum Gasteiger partial charge on any atom is -0.480 e. The summed E-state index contributed by atoms with van der Waals surface area (Å²) in [5.74, 6) is -2.46. The molecule has 9 heteroatoms. The number of rotatable bonds is 7. The third kappa shape index (κ3) is 3.86. The van der Waals surface area contributed by atoms with Gasteiger partial charge >= 0.3 is 5.97 Å². The highest BCUT2D eigenvalue weighted by Crippen LogP contribution is 2.17. The van der Waals surface area contributed by atoms with E-state index in [9.17, 15) is 18.0 Å². The van der Waals surface area contributed by atoms with Gasteiger partial charge in [-0.25, -0.2) is 17.5 Å². The van der Waals surface area contributed by atoms with Gasteiger partial charge in [0.25, 0.3) is 15.9 Å². The maximum absolute atomic E-state index is 12.0. The number of hydrogen-bond donors (Lipinski definition) is 2. The van der Waals surface area contributed by atoms with Crippen molar-refractivity contribution in [1.82, 2.24) is 9.62 Å². The fourth-order valence-corrected chi connectivity index (χ4v) is 2.45. The smallest absolute Gasteiger partial charge is 0.326 e. The predicted molar refractivity (Wildman–Crippen MR) is 77.9 cm³/mol. The minimum absolute atomic E-state index is 0.255. The first kappa shape index (κ1) is 18.2. The lowest BCUT2D eigenvalue weighted by atomic mass is 9.99. The zero-order valence-electron chi connectivity index (χ0n) is 12.9. The third-order valence-corrected chi connectivity index (χ3v) is 5.00. The van der Waals surface area contributed by atoms with Gasteiger partial charge in [-0.1, -0.05) is 20.3 Å². The van der Waals surface area contributed by atoms with Gasteiger partial charge in [0.2, 0.25) is 5.09 Å². The molecule has 0 saturated heterocycles. The van der Waals surface area contributed by atoms with Crippen LogP contribution in [0.3, 0.4) is 0 Å². The first-order valence-corrected chi connectivity index (χ1v) is 8.11. The van der Waals surface area contributed by atoms with Gasteiger partial charge in [0, 0.05) is 14.1 Å². The number of nitrogens with one attached hydrogen (secondary N) is 1. The monoisotopic (exact) mass is 332 g/mol. The maximum atomic E-state index is 12.0. The van der Waals surface area contributed by atoms with Crippen LogP contribution in [0.25, 0.3) is 0 Å². The molecule has 1 aromatic rings. The van der Waals surface area contributed by atoms with Gasteiger partial charge in [-0.05, 0) is 18.1 Å². The van der Waals surface area contributed by atoms with Crippen LogP contribution in [0.15, 0.2) is 21.6 Å². The summed E-state index contributed by atoms with van der Waals surface area (Å²) >= 11 is 0. The van der Waals surface area contributed by atoms with Crippen LogP contribution < -0.4 is 5.32 Å². The van der Waals surface area contributed by atoms with E-state index in [1.165, 1.54) is 20.2 Å². The Bertz CT molecular complexity index is 649. The highest BCUT2D eigenvalue weighted by Gasteiger charge is 2.28. The Morgan fingerprint density at radius 2 is 1.95 bits per heavy atom. The van der Waals surface area contributed by atoms with E-state index in [0.717, 1.165) is 10.4 Å². The van der Waals surface area contributed by atoms with Crippen molar-refractivity contribution in [3.8, 4) is 0 Å². The SMILES string of the molecule is CC[C@H](C)[C@H](NC(=O)c1ccc(S(=O)(=O)N(C)C)o1)C(=O)O. The first-order valence-electron chi connectivity index (χ1n) is 6.67. The molecule has 1 amide bonds. The Kier molecular flexibility index (Phi) is 5.72. The lowest BCUT2D eigenvalue weighted by Crippen LogP contribution is -2.44. The molecule has 2 atom stereocenters. The molecular weight excluding hydrogens is 312 g/mol. The average molecular weight is 332 g/mol. The molecule has 0 saturated carbocycles. The van der Waals surface area contributed by atoms with Crippen LogP contribution in [0.5, 0.6) is 0 Å². The zero-order valence-corrected chi connectivity index (χ0v) is 13.7. The fourth-order valence-electron chi connectivity index (χ4n) is 1.66. The molecule has 0 aliphatic carbocycles. The summed E-state index contributed by atoms with van der Waals surface area (Å²) in [5, 5.41) is 11.1. The van der Waals surface area contributed by atoms with Crippen LogP contribution in [-0.4, -0.2) is 49.8 Å². The van der Waals surface area contributed by atoms with Crippen molar-refractivity contribution < 1.29 is 27.5 Å². The largest absolute Gasteiger partial charge is 0.480 e. The fraction of sp³-hybridized carbons (Fsp3) is 0.538. The first-order chi connectivity index (χ1) is 10.1. The highest BCUT2D eigenvalue weighted by atomic mass is 32.2. The van der Waals surface area contributed by atoms with Crippen LogP contribution in [-0.2, 0) is 14.8 Å². The summed E-state index contributed by atoms with van der Waals surface area (Å²) in [6, 6.07) is 1.28. The molecule has 1 aromatic heterocycles. The lowest BCUT2D eigenvalue weighted by Gasteiger charge is -2.19. The van der Waals surface area contributed by atoms with Crippen molar-refractivity contribution in [2.45, 2.75) is 31.4 Å². The molecule has 0 unspecified atom stereocenters. The van der Waals surface area contributed by atoms with Crippen LogP contribution in [0, 0.1) is 5.92 Å². The number of nitrogens with zero attached hydrogens (tertiary/aromatic N) is 1. The zero-order chi connectivity index (χ0) is 17.1. The van der Waals surface area contributed by atoms with Crippen LogP contribution in [0.1, 0.15) is 30.8 Å². The molecule has 0 spiro atoms. The number of aliphatic carboxylic acids is 1. The van der Waals surface area contributed by atoms with E-state index in [4.69, 9.17) is 9.52 Å². The molecule has 8 nitrogen and oxygen atoms in total. The van der Waals surface area contributed by atoms with E-state index in [1.54, 1.807) is 13.8 Å². The van der Waals surface area contributed by atoms with Crippen molar-refractivity contribution in [3.63, 3.8) is 0 Å². The number of hydrogen-bond acceptors (Lipinski definition) is 5.